The lowest BCUT2D eigenvalue weighted by molar-refractivity contribution is -0.125. The molecule has 0 spiro atoms. The maximum Gasteiger partial charge on any atom is 0.252 e. The second-order valence-corrected chi connectivity index (χ2v) is 10.4. The molecule has 1 fully saturated rings. The average Bonchev–Trinajstić information content (AvgIpc) is 3.22. The van der Waals surface area contributed by atoms with E-state index < -0.39 is 10.0 Å². The van der Waals surface area contributed by atoms with Crippen molar-refractivity contribution in [2.24, 2.45) is 5.92 Å². The van der Waals surface area contributed by atoms with Gasteiger partial charge < -0.3 is 5.32 Å². The third kappa shape index (κ3) is 4.88. The van der Waals surface area contributed by atoms with Gasteiger partial charge >= 0.3 is 0 Å². The highest BCUT2D eigenvalue weighted by Crippen LogP contribution is 2.26. The van der Waals surface area contributed by atoms with Crippen LogP contribution >= 0.6 is 23.1 Å². The normalized spacial score (nSPS) is 18.5. The van der Waals surface area contributed by atoms with E-state index in [1.165, 1.54) is 20.5 Å². The first-order valence-corrected chi connectivity index (χ1v) is 11.9. The van der Waals surface area contributed by atoms with E-state index in [9.17, 15) is 13.2 Å². The number of carbonyl (C=O) groups excluding carboxylic acids is 1. The summed E-state index contributed by atoms with van der Waals surface area (Å²) < 4.78 is 27.1. The summed E-state index contributed by atoms with van der Waals surface area (Å²) in [5, 5.41) is 4.71. The molecule has 1 aromatic heterocycles. The summed E-state index contributed by atoms with van der Waals surface area (Å²) in [4.78, 5) is 13.6. The SMILES string of the molecule is O=C(NCCSc1ccccc1)[C@@H]1CCCN(S(=O)(=O)c2cccs2)C1. The van der Waals surface area contributed by atoms with Crippen molar-refractivity contribution in [3.63, 3.8) is 0 Å². The van der Waals surface area contributed by atoms with E-state index in [-0.39, 0.29) is 18.4 Å². The lowest BCUT2D eigenvalue weighted by atomic mass is 9.99. The van der Waals surface area contributed by atoms with E-state index >= 15 is 0 Å². The molecule has 1 atom stereocenters. The number of sulfonamides is 1. The summed E-state index contributed by atoms with van der Waals surface area (Å²) >= 11 is 2.91. The van der Waals surface area contributed by atoms with Crippen LogP contribution < -0.4 is 5.32 Å². The van der Waals surface area contributed by atoms with Crippen LogP contribution in [0.1, 0.15) is 12.8 Å². The molecule has 1 N–H and O–H groups in total. The second-order valence-electron chi connectivity index (χ2n) is 6.09. The molecule has 140 valence electrons. The van der Waals surface area contributed by atoms with Crippen LogP contribution in [-0.4, -0.2) is 44.0 Å². The van der Waals surface area contributed by atoms with E-state index in [0.717, 1.165) is 12.2 Å². The van der Waals surface area contributed by atoms with Crippen molar-refractivity contribution in [3.8, 4) is 0 Å². The second kappa shape index (κ2) is 9.03. The molecule has 1 amide bonds. The van der Waals surface area contributed by atoms with Crippen LogP contribution in [0.2, 0.25) is 0 Å². The van der Waals surface area contributed by atoms with Gasteiger partial charge in [-0.1, -0.05) is 24.3 Å². The molecular weight excluding hydrogens is 388 g/mol. The van der Waals surface area contributed by atoms with Crippen molar-refractivity contribution in [2.45, 2.75) is 21.9 Å². The molecule has 3 rings (SSSR count). The maximum atomic E-state index is 12.6. The third-order valence-electron chi connectivity index (χ3n) is 4.26. The highest BCUT2D eigenvalue weighted by atomic mass is 32.2. The highest BCUT2D eigenvalue weighted by Gasteiger charge is 2.33. The quantitative estimate of drug-likeness (QED) is 0.563. The molecule has 0 unspecified atom stereocenters. The molecule has 26 heavy (non-hydrogen) atoms. The molecular formula is C18H22N2O3S3. The molecule has 0 bridgehead atoms. The predicted molar refractivity (Wildman–Crippen MR) is 106 cm³/mol. The van der Waals surface area contributed by atoms with Crippen LogP contribution in [0.5, 0.6) is 0 Å². The van der Waals surface area contributed by atoms with Crippen LogP contribution in [0, 0.1) is 5.92 Å². The number of thiophene rings is 1. The Kier molecular flexibility index (Phi) is 6.74. The molecule has 2 aromatic rings. The molecule has 0 saturated carbocycles. The Balaban J connectivity index is 1.49. The molecule has 2 heterocycles. The van der Waals surface area contributed by atoms with Gasteiger partial charge in [-0.3, -0.25) is 4.79 Å². The van der Waals surface area contributed by atoms with Crippen molar-refractivity contribution in [3.05, 3.63) is 47.8 Å². The fourth-order valence-corrected chi connectivity index (χ4v) is 6.37. The lowest BCUT2D eigenvalue weighted by Crippen LogP contribution is -2.45. The number of nitrogens with one attached hydrogen (secondary N) is 1. The Bertz CT molecular complexity index is 807. The monoisotopic (exact) mass is 410 g/mol. The molecule has 1 aliphatic heterocycles. The minimum Gasteiger partial charge on any atom is -0.355 e. The first kappa shape index (κ1) is 19.4. The van der Waals surface area contributed by atoms with Crippen molar-refractivity contribution in [2.75, 3.05) is 25.4 Å². The van der Waals surface area contributed by atoms with Crippen molar-refractivity contribution in [1.82, 2.24) is 9.62 Å². The summed E-state index contributed by atoms with van der Waals surface area (Å²) in [6.45, 7) is 1.32. The highest BCUT2D eigenvalue weighted by molar-refractivity contribution is 7.99. The lowest BCUT2D eigenvalue weighted by Gasteiger charge is -2.30. The number of thioether (sulfide) groups is 1. The number of rotatable bonds is 7. The summed E-state index contributed by atoms with van der Waals surface area (Å²) in [7, 11) is -3.48. The van der Waals surface area contributed by atoms with E-state index in [2.05, 4.69) is 5.32 Å². The van der Waals surface area contributed by atoms with Gasteiger partial charge in [-0.05, 0) is 36.4 Å². The van der Waals surface area contributed by atoms with E-state index in [1.54, 1.807) is 29.3 Å². The zero-order valence-electron chi connectivity index (χ0n) is 14.3. The summed E-state index contributed by atoms with van der Waals surface area (Å²) in [5.74, 6) is 0.463. The zero-order chi connectivity index (χ0) is 18.4. The van der Waals surface area contributed by atoms with Gasteiger partial charge in [0.05, 0.1) is 5.92 Å². The molecule has 1 saturated heterocycles. The number of hydrogen-bond donors (Lipinski definition) is 1. The fraction of sp³-hybridized carbons (Fsp3) is 0.389. The van der Waals surface area contributed by atoms with Gasteiger partial charge in [-0.25, -0.2) is 8.42 Å². The molecule has 5 nitrogen and oxygen atoms in total. The minimum atomic E-state index is -3.48. The Morgan fingerprint density at radius 3 is 2.77 bits per heavy atom. The summed E-state index contributed by atoms with van der Waals surface area (Å²) in [6, 6.07) is 13.4. The van der Waals surface area contributed by atoms with Crippen LogP contribution in [0.3, 0.4) is 0 Å². The smallest absolute Gasteiger partial charge is 0.252 e. The van der Waals surface area contributed by atoms with Crippen LogP contribution in [-0.2, 0) is 14.8 Å². The fourth-order valence-electron chi connectivity index (χ4n) is 2.92. The molecule has 8 heteroatoms. The van der Waals surface area contributed by atoms with Gasteiger partial charge in [0.15, 0.2) is 0 Å². The Morgan fingerprint density at radius 1 is 1.23 bits per heavy atom. The van der Waals surface area contributed by atoms with E-state index in [4.69, 9.17) is 0 Å². The predicted octanol–water partition coefficient (Wildman–Crippen LogP) is 3.06. The molecule has 0 aliphatic carbocycles. The van der Waals surface area contributed by atoms with Crippen molar-refractivity contribution >= 4 is 39.0 Å². The zero-order valence-corrected chi connectivity index (χ0v) is 16.8. The number of carbonyl (C=O) groups is 1. The topological polar surface area (TPSA) is 66.5 Å². The first-order valence-electron chi connectivity index (χ1n) is 8.56. The largest absolute Gasteiger partial charge is 0.355 e. The molecule has 0 radical (unpaired) electrons. The molecule has 1 aliphatic rings. The van der Waals surface area contributed by atoms with Gasteiger partial charge in [-0.2, -0.15) is 4.31 Å². The standard InChI is InChI=1S/C18H22N2O3S3/c21-18(19-10-13-24-16-7-2-1-3-8-16)15-6-4-11-20(14-15)26(22,23)17-9-5-12-25-17/h1-3,5,7-9,12,15H,4,6,10-11,13-14H2,(H,19,21)/t15-/m1/s1. The Morgan fingerprint density at radius 2 is 2.04 bits per heavy atom. The van der Waals surface area contributed by atoms with Gasteiger partial charge in [0, 0.05) is 30.3 Å². The maximum absolute atomic E-state index is 12.6. The third-order valence-corrected chi connectivity index (χ3v) is 8.51. The Hall–Kier alpha value is -1.35. The number of amides is 1. The Labute approximate surface area is 162 Å². The van der Waals surface area contributed by atoms with Crippen LogP contribution in [0.15, 0.2) is 56.9 Å². The van der Waals surface area contributed by atoms with Gasteiger partial charge in [0.2, 0.25) is 5.91 Å². The summed E-state index contributed by atoms with van der Waals surface area (Å²) in [6.07, 6.45) is 1.44. The van der Waals surface area contributed by atoms with E-state index in [0.29, 0.717) is 23.7 Å². The van der Waals surface area contributed by atoms with Crippen LogP contribution in [0.25, 0.3) is 0 Å². The van der Waals surface area contributed by atoms with Crippen LogP contribution in [0.4, 0.5) is 0 Å². The summed E-state index contributed by atoms with van der Waals surface area (Å²) in [5.41, 5.74) is 0. The number of nitrogens with zero attached hydrogens (tertiary/aromatic N) is 1. The first-order chi connectivity index (χ1) is 12.6. The molecule has 1 aromatic carbocycles. The van der Waals surface area contributed by atoms with E-state index in [1.807, 2.05) is 30.3 Å². The van der Waals surface area contributed by atoms with Crippen molar-refractivity contribution in [1.29, 1.82) is 0 Å². The van der Waals surface area contributed by atoms with Gasteiger partial charge in [0.1, 0.15) is 4.21 Å². The number of benzene rings is 1. The number of hydrogen-bond acceptors (Lipinski definition) is 5. The van der Waals surface area contributed by atoms with Gasteiger partial charge in [0.25, 0.3) is 10.0 Å². The number of piperidine rings is 1. The van der Waals surface area contributed by atoms with Crippen molar-refractivity contribution < 1.29 is 13.2 Å². The van der Waals surface area contributed by atoms with Gasteiger partial charge in [-0.15, -0.1) is 23.1 Å². The average molecular weight is 411 g/mol. The minimum absolute atomic E-state index is 0.0512.